The molecule has 49 heavy (non-hydrogen) atoms. The van der Waals surface area contributed by atoms with Crippen LogP contribution in [0.3, 0.4) is 0 Å². The van der Waals surface area contributed by atoms with Gasteiger partial charge in [0.2, 0.25) is 5.90 Å². The molecule has 4 aromatic rings. The van der Waals surface area contributed by atoms with Crippen molar-refractivity contribution in [1.29, 1.82) is 0 Å². The van der Waals surface area contributed by atoms with Crippen molar-refractivity contribution in [3.05, 3.63) is 141 Å². The van der Waals surface area contributed by atoms with Gasteiger partial charge in [0.25, 0.3) is 5.91 Å². The van der Waals surface area contributed by atoms with Gasteiger partial charge in [-0.05, 0) is 72.0 Å². The van der Waals surface area contributed by atoms with Gasteiger partial charge in [0.1, 0.15) is 5.75 Å². The number of benzene rings is 4. The number of nitrogens with one attached hydrogen (secondary N) is 1. The van der Waals surface area contributed by atoms with Crippen LogP contribution in [0.4, 0.5) is 0 Å². The number of amides is 1. The number of azide groups is 1. The van der Waals surface area contributed by atoms with Gasteiger partial charge in [-0.15, -0.1) is 0 Å². The minimum atomic E-state index is -3.82. The zero-order chi connectivity index (χ0) is 34.7. The molecular weight excluding hydrogens is 643 g/mol. The minimum absolute atomic E-state index is 0.00478. The second kappa shape index (κ2) is 16.3. The minimum Gasteiger partial charge on any atom is -0.494 e. The van der Waals surface area contributed by atoms with E-state index in [9.17, 15) is 13.2 Å². The fourth-order valence-corrected chi connectivity index (χ4v) is 7.04. The Morgan fingerprint density at radius 3 is 2.45 bits per heavy atom. The van der Waals surface area contributed by atoms with Crippen LogP contribution < -0.4 is 10.1 Å². The first-order valence-electron chi connectivity index (χ1n) is 16.1. The van der Waals surface area contributed by atoms with Gasteiger partial charge < -0.3 is 19.9 Å². The third-order valence-corrected chi connectivity index (χ3v) is 10.1. The number of nitrogens with zero attached hydrogens (tertiary/aromatic N) is 4. The van der Waals surface area contributed by atoms with Crippen molar-refractivity contribution in [2.24, 2.45) is 10.1 Å². The van der Waals surface area contributed by atoms with Gasteiger partial charge >= 0.3 is 0 Å². The van der Waals surface area contributed by atoms with E-state index >= 15 is 0 Å². The highest BCUT2D eigenvalue weighted by atomic mass is 32.2. The third kappa shape index (κ3) is 8.66. The summed E-state index contributed by atoms with van der Waals surface area (Å²) in [6.45, 7) is 2.65. The maximum absolute atomic E-state index is 14.5. The Hall–Kier alpha value is -5.16. The molecule has 0 fully saturated rings. The first-order chi connectivity index (χ1) is 23.8. The Balaban J connectivity index is 1.56. The van der Waals surface area contributed by atoms with Gasteiger partial charge in [0, 0.05) is 36.5 Å². The summed E-state index contributed by atoms with van der Waals surface area (Å²) in [7, 11) is -3.82. The summed E-state index contributed by atoms with van der Waals surface area (Å²) in [5.41, 5.74) is 11.3. The highest BCUT2D eigenvalue weighted by molar-refractivity contribution is 7.91. The molecule has 0 spiro atoms. The van der Waals surface area contributed by atoms with Gasteiger partial charge in [-0.2, -0.15) is 0 Å². The van der Waals surface area contributed by atoms with E-state index in [4.69, 9.17) is 25.1 Å². The van der Waals surface area contributed by atoms with Crippen molar-refractivity contribution in [1.82, 2.24) is 5.32 Å². The molecule has 0 aromatic heterocycles. The molecule has 2 N–H and O–H groups in total. The SMILES string of the molecule is Cc1ccc(CCNC(=O)[C@]2(CCS(=O)(=O)c3ccccc3)N=C(c3ccc(OCCCO)cc3)O[C@@H]2c2ccccc2CN=[N+]=[N-])cc1. The van der Waals surface area contributed by atoms with E-state index in [1.807, 2.05) is 31.2 Å². The summed E-state index contributed by atoms with van der Waals surface area (Å²) >= 11 is 0. The van der Waals surface area contributed by atoms with E-state index in [2.05, 4.69) is 15.3 Å². The van der Waals surface area contributed by atoms with Crippen molar-refractivity contribution in [2.75, 3.05) is 25.5 Å². The van der Waals surface area contributed by atoms with E-state index in [1.165, 1.54) is 12.1 Å². The van der Waals surface area contributed by atoms with Crippen molar-refractivity contribution in [3.8, 4) is 5.75 Å². The maximum atomic E-state index is 14.5. The number of hydrogen-bond donors (Lipinski definition) is 2. The first kappa shape index (κ1) is 35.2. The Morgan fingerprint density at radius 1 is 1.02 bits per heavy atom. The third-order valence-electron chi connectivity index (χ3n) is 8.35. The molecular formula is C37H39N5O6S. The number of aryl methyl sites for hydroxylation is 1. The fourth-order valence-electron chi connectivity index (χ4n) is 5.65. The second-order valence-corrected chi connectivity index (χ2v) is 13.9. The van der Waals surface area contributed by atoms with E-state index in [-0.39, 0.29) is 42.7 Å². The van der Waals surface area contributed by atoms with Gasteiger partial charge in [0.15, 0.2) is 21.5 Å². The monoisotopic (exact) mass is 681 g/mol. The Morgan fingerprint density at radius 2 is 1.73 bits per heavy atom. The number of aliphatic hydroxyl groups excluding tert-OH is 1. The molecule has 2 atom stereocenters. The number of aliphatic imine (C=N–C) groups is 1. The van der Waals surface area contributed by atoms with E-state index in [1.54, 1.807) is 66.7 Å². The molecule has 0 saturated heterocycles. The lowest BCUT2D eigenvalue weighted by molar-refractivity contribution is -0.129. The fraction of sp³-hybridized carbons (Fsp3) is 0.297. The average molecular weight is 682 g/mol. The number of rotatable bonds is 16. The quantitative estimate of drug-likeness (QED) is 0.0633. The standard InChI is InChI=1S/C37H39N5O6S/c1-27-12-14-28(15-13-27)20-22-39-36(44)37(21-25-49(45,46)32-9-3-2-4-10-32)34(33-11-6-5-8-30(33)26-40-42-38)48-35(41-37)29-16-18-31(19-17-29)47-24-7-23-43/h2-6,8-19,34,43H,7,20-26H2,1H3,(H,39,44)/t34-,37-/m1/s1. The molecule has 5 rings (SSSR count). The topological polar surface area (TPSA) is 163 Å². The van der Waals surface area contributed by atoms with E-state index in [0.717, 1.165) is 11.1 Å². The molecule has 1 amide bonds. The summed E-state index contributed by atoms with van der Waals surface area (Å²) in [5.74, 6) is -0.113. The molecule has 4 aromatic carbocycles. The smallest absolute Gasteiger partial charge is 0.252 e. The van der Waals surface area contributed by atoms with Crippen LogP contribution in [0.5, 0.6) is 5.75 Å². The normalized spacial score (nSPS) is 17.0. The first-order valence-corrected chi connectivity index (χ1v) is 17.7. The predicted molar refractivity (Wildman–Crippen MR) is 187 cm³/mol. The van der Waals surface area contributed by atoms with E-state index < -0.39 is 27.4 Å². The number of aliphatic hydroxyl groups is 1. The molecule has 254 valence electrons. The van der Waals surface area contributed by atoms with Crippen LogP contribution in [0.15, 0.2) is 118 Å². The van der Waals surface area contributed by atoms with Gasteiger partial charge in [-0.1, -0.05) is 77.4 Å². The highest BCUT2D eigenvalue weighted by Gasteiger charge is 2.54. The molecule has 0 bridgehead atoms. The number of hydrogen-bond acceptors (Lipinski definition) is 8. The molecule has 1 aliphatic rings. The highest BCUT2D eigenvalue weighted by Crippen LogP contribution is 2.44. The maximum Gasteiger partial charge on any atom is 0.252 e. The van der Waals surface area contributed by atoms with Crippen molar-refractivity contribution >= 4 is 21.6 Å². The van der Waals surface area contributed by atoms with Crippen molar-refractivity contribution in [2.45, 2.75) is 49.3 Å². The number of ether oxygens (including phenoxy) is 2. The summed E-state index contributed by atoms with van der Waals surface area (Å²) in [4.78, 5) is 22.5. The van der Waals surface area contributed by atoms with Gasteiger partial charge in [-0.25, -0.2) is 13.4 Å². The van der Waals surface area contributed by atoms with Crippen LogP contribution in [-0.2, 0) is 32.3 Å². The Bertz CT molecular complexity index is 1910. The van der Waals surface area contributed by atoms with Crippen LogP contribution in [0.1, 0.15) is 46.8 Å². The summed E-state index contributed by atoms with van der Waals surface area (Å²) in [6, 6.07) is 30.3. The summed E-state index contributed by atoms with van der Waals surface area (Å²) < 4.78 is 39.5. The van der Waals surface area contributed by atoms with Crippen LogP contribution >= 0.6 is 0 Å². The van der Waals surface area contributed by atoms with Gasteiger partial charge in [0.05, 0.1) is 23.8 Å². The molecule has 0 unspecified atom stereocenters. The zero-order valence-electron chi connectivity index (χ0n) is 27.2. The average Bonchev–Trinajstić information content (AvgIpc) is 3.52. The molecule has 0 radical (unpaired) electrons. The molecule has 12 heteroatoms. The lowest BCUT2D eigenvalue weighted by atomic mass is 9.83. The molecule has 1 aliphatic heterocycles. The zero-order valence-corrected chi connectivity index (χ0v) is 28.1. The van der Waals surface area contributed by atoms with Crippen molar-refractivity contribution < 1.29 is 27.8 Å². The number of sulfone groups is 1. The molecule has 0 aliphatic carbocycles. The molecule has 11 nitrogen and oxygen atoms in total. The van der Waals surface area contributed by atoms with Crippen LogP contribution in [-0.4, -0.2) is 56.4 Å². The second-order valence-electron chi connectivity index (χ2n) is 11.8. The molecule has 1 heterocycles. The Labute approximate surface area is 286 Å². The van der Waals surface area contributed by atoms with E-state index in [0.29, 0.717) is 41.9 Å². The number of carbonyl (C=O) groups is 1. The van der Waals surface area contributed by atoms with Crippen molar-refractivity contribution in [3.63, 3.8) is 0 Å². The largest absolute Gasteiger partial charge is 0.494 e. The predicted octanol–water partition coefficient (Wildman–Crippen LogP) is 6.05. The lowest BCUT2D eigenvalue weighted by Gasteiger charge is -2.31. The number of carbonyl (C=O) groups excluding carboxylic acids is 1. The van der Waals surface area contributed by atoms with Gasteiger partial charge in [-0.3, -0.25) is 4.79 Å². The summed E-state index contributed by atoms with van der Waals surface area (Å²) in [6.07, 6.45) is -0.189. The Kier molecular flexibility index (Phi) is 11.7. The lowest BCUT2D eigenvalue weighted by Crippen LogP contribution is -2.50. The van der Waals surface area contributed by atoms with Crippen LogP contribution in [0, 0.1) is 6.92 Å². The molecule has 0 saturated carbocycles. The van der Waals surface area contributed by atoms with Crippen LogP contribution in [0.2, 0.25) is 0 Å². The summed E-state index contributed by atoms with van der Waals surface area (Å²) in [5, 5.41) is 15.9. The van der Waals surface area contributed by atoms with Crippen LogP contribution in [0.25, 0.3) is 10.4 Å².